The van der Waals surface area contributed by atoms with Crippen LogP contribution in [0.5, 0.6) is 5.75 Å². The number of ether oxygens (including phenoxy) is 1. The van der Waals surface area contributed by atoms with E-state index in [1.807, 2.05) is 0 Å². The molecule has 1 N–H and O–H groups in total. The van der Waals surface area contributed by atoms with Gasteiger partial charge < -0.3 is 9.84 Å². The van der Waals surface area contributed by atoms with Gasteiger partial charge in [-0.3, -0.25) is 10.1 Å². The van der Waals surface area contributed by atoms with Crippen molar-refractivity contribution in [2.75, 3.05) is 13.1 Å². The zero-order valence-electron chi connectivity index (χ0n) is 11.0. The third kappa shape index (κ3) is 2.47. The molecule has 0 saturated carbocycles. The van der Waals surface area contributed by atoms with Crippen molar-refractivity contribution in [2.45, 2.75) is 29.9 Å². The van der Waals surface area contributed by atoms with Gasteiger partial charge in [0.15, 0.2) is 5.75 Å². The molecule has 1 aromatic carbocycles. The van der Waals surface area contributed by atoms with E-state index < -0.39 is 26.4 Å². The molecule has 2 bridgehead atoms. The van der Waals surface area contributed by atoms with Crippen molar-refractivity contribution in [3.05, 3.63) is 28.3 Å². The Bertz CT molecular complexity index is 677. The van der Waals surface area contributed by atoms with Crippen molar-refractivity contribution in [1.29, 1.82) is 0 Å². The molecular weight excluding hydrogens is 300 g/mol. The lowest BCUT2D eigenvalue weighted by Crippen LogP contribution is -2.45. The molecule has 0 radical (unpaired) electrons. The number of phenols is 1. The molecule has 2 aliphatic heterocycles. The maximum absolute atomic E-state index is 12.6. The highest BCUT2D eigenvalue weighted by atomic mass is 32.2. The van der Waals surface area contributed by atoms with E-state index in [1.54, 1.807) is 0 Å². The number of hydrogen-bond acceptors (Lipinski definition) is 6. The third-order valence-corrected chi connectivity index (χ3v) is 5.62. The number of rotatable bonds is 3. The number of benzene rings is 1. The zero-order valence-corrected chi connectivity index (χ0v) is 11.8. The number of nitro groups is 1. The van der Waals surface area contributed by atoms with Crippen molar-refractivity contribution in [3.8, 4) is 5.75 Å². The van der Waals surface area contributed by atoms with Gasteiger partial charge >= 0.3 is 5.69 Å². The SMILES string of the molecule is O=[N+]([O-])c1cc(S(=O)(=O)N2CC3CCC(C2)O3)ccc1O. The summed E-state index contributed by atoms with van der Waals surface area (Å²) in [6.45, 7) is 0.515. The standard InChI is InChI=1S/C12H14N2O6S/c15-12-4-3-10(5-11(12)14(16)17)21(18,19)13-6-8-1-2-9(7-13)20-8/h3-5,8-9,15H,1-2,6-7H2. The Labute approximate surface area is 121 Å². The van der Waals surface area contributed by atoms with Crippen LogP contribution < -0.4 is 0 Å². The van der Waals surface area contributed by atoms with E-state index in [4.69, 9.17) is 4.74 Å². The summed E-state index contributed by atoms with van der Waals surface area (Å²) < 4.78 is 32.0. The highest BCUT2D eigenvalue weighted by Gasteiger charge is 2.39. The van der Waals surface area contributed by atoms with Crippen LogP contribution in [0, 0.1) is 10.1 Å². The van der Waals surface area contributed by atoms with Crippen molar-refractivity contribution in [2.24, 2.45) is 0 Å². The second-order valence-corrected chi connectivity index (χ2v) is 7.13. The smallest absolute Gasteiger partial charge is 0.312 e. The molecule has 0 aromatic heterocycles. The number of sulfonamides is 1. The fourth-order valence-electron chi connectivity index (χ4n) is 2.73. The topological polar surface area (TPSA) is 110 Å². The summed E-state index contributed by atoms with van der Waals surface area (Å²) in [5, 5.41) is 20.2. The zero-order chi connectivity index (χ0) is 15.2. The van der Waals surface area contributed by atoms with E-state index in [0.29, 0.717) is 0 Å². The summed E-state index contributed by atoms with van der Waals surface area (Å²) in [6.07, 6.45) is 1.44. The van der Waals surface area contributed by atoms with Gasteiger partial charge in [-0.2, -0.15) is 4.31 Å². The lowest BCUT2D eigenvalue weighted by molar-refractivity contribution is -0.386. The van der Waals surface area contributed by atoms with Gasteiger partial charge in [-0.15, -0.1) is 0 Å². The quantitative estimate of drug-likeness (QED) is 0.654. The van der Waals surface area contributed by atoms with E-state index in [-0.39, 0.29) is 30.2 Å². The van der Waals surface area contributed by atoms with Gasteiger partial charge in [-0.1, -0.05) is 0 Å². The molecule has 0 spiro atoms. The lowest BCUT2D eigenvalue weighted by Gasteiger charge is -2.31. The Morgan fingerprint density at radius 1 is 1.29 bits per heavy atom. The van der Waals surface area contributed by atoms with Crippen LogP contribution in [0.4, 0.5) is 5.69 Å². The Morgan fingerprint density at radius 2 is 1.90 bits per heavy atom. The van der Waals surface area contributed by atoms with Crippen LogP contribution in [0.25, 0.3) is 0 Å². The highest BCUT2D eigenvalue weighted by molar-refractivity contribution is 7.89. The fourth-order valence-corrected chi connectivity index (χ4v) is 4.26. The number of morpholine rings is 1. The minimum absolute atomic E-state index is 0.106. The van der Waals surface area contributed by atoms with Gasteiger partial charge in [-0.05, 0) is 25.0 Å². The minimum atomic E-state index is -3.82. The Kier molecular flexibility index (Phi) is 3.34. The molecule has 2 aliphatic rings. The van der Waals surface area contributed by atoms with Crippen LogP contribution >= 0.6 is 0 Å². The van der Waals surface area contributed by atoms with Gasteiger partial charge in [0.05, 0.1) is 22.0 Å². The molecule has 114 valence electrons. The van der Waals surface area contributed by atoms with Crippen LogP contribution in [0.1, 0.15) is 12.8 Å². The summed E-state index contributed by atoms with van der Waals surface area (Å²) in [7, 11) is -3.82. The van der Waals surface area contributed by atoms with Crippen molar-refractivity contribution in [1.82, 2.24) is 4.31 Å². The highest BCUT2D eigenvalue weighted by Crippen LogP contribution is 2.33. The van der Waals surface area contributed by atoms with Crippen LogP contribution in [0.2, 0.25) is 0 Å². The van der Waals surface area contributed by atoms with E-state index >= 15 is 0 Å². The molecule has 2 unspecified atom stereocenters. The molecule has 21 heavy (non-hydrogen) atoms. The van der Waals surface area contributed by atoms with E-state index in [0.717, 1.165) is 25.0 Å². The van der Waals surface area contributed by atoms with Crippen LogP contribution in [0.3, 0.4) is 0 Å². The van der Waals surface area contributed by atoms with Crippen molar-refractivity contribution >= 4 is 15.7 Å². The van der Waals surface area contributed by atoms with E-state index in [2.05, 4.69) is 0 Å². The van der Waals surface area contributed by atoms with Crippen molar-refractivity contribution < 1.29 is 23.2 Å². The number of nitro benzene ring substituents is 1. The number of fused-ring (bicyclic) bond motifs is 2. The first-order chi connectivity index (χ1) is 9.88. The van der Waals surface area contributed by atoms with Crippen LogP contribution in [0.15, 0.2) is 23.1 Å². The van der Waals surface area contributed by atoms with E-state index in [9.17, 15) is 23.6 Å². The second kappa shape index (κ2) is 4.93. The third-order valence-electron chi connectivity index (χ3n) is 3.79. The first kappa shape index (κ1) is 14.2. The second-order valence-electron chi connectivity index (χ2n) is 5.19. The van der Waals surface area contributed by atoms with Gasteiger partial charge in [0.2, 0.25) is 10.0 Å². The van der Waals surface area contributed by atoms with Gasteiger partial charge in [0.25, 0.3) is 0 Å². The summed E-state index contributed by atoms with van der Waals surface area (Å²) in [5.74, 6) is -0.555. The normalized spacial score (nSPS) is 25.9. The van der Waals surface area contributed by atoms with Gasteiger partial charge in [-0.25, -0.2) is 8.42 Å². The maximum atomic E-state index is 12.6. The Hall–Kier alpha value is -1.71. The van der Waals surface area contributed by atoms with E-state index in [1.165, 1.54) is 10.4 Å². The average molecular weight is 314 g/mol. The first-order valence-corrected chi connectivity index (χ1v) is 7.95. The van der Waals surface area contributed by atoms with Crippen LogP contribution in [-0.4, -0.2) is 48.1 Å². The molecule has 2 atom stereocenters. The number of phenolic OH excluding ortho intramolecular Hbond substituents is 1. The molecule has 3 rings (SSSR count). The molecular formula is C12H14N2O6S. The summed E-state index contributed by atoms with van der Waals surface area (Å²) in [6, 6.07) is 3.09. The lowest BCUT2D eigenvalue weighted by atomic mass is 10.2. The van der Waals surface area contributed by atoms with Crippen molar-refractivity contribution in [3.63, 3.8) is 0 Å². The number of aromatic hydroxyl groups is 1. The largest absolute Gasteiger partial charge is 0.502 e. The summed E-state index contributed by atoms with van der Waals surface area (Å²) in [4.78, 5) is 9.81. The molecule has 2 saturated heterocycles. The molecule has 0 aliphatic carbocycles. The number of nitrogens with zero attached hydrogens (tertiary/aromatic N) is 2. The van der Waals surface area contributed by atoms with Crippen LogP contribution in [-0.2, 0) is 14.8 Å². The Morgan fingerprint density at radius 3 is 2.48 bits per heavy atom. The Balaban J connectivity index is 1.95. The number of hydrogen-bond donors (Lipinski definition) is 1. The molecule has 1 aromatic rings. The maximum Gasteiger partial charge on any atom is 0.312 e. The van der Waals surface area contributed by atoms with Gasteiger partial charge in [0, 0.05) is 19.2 Å². The molecule has 2 heterocycles. The molecule has 8 nitrogen and oxygen atoms in total. The monoisotopic (exact) mass is 314 g/mol. The molecule has 2 fully saturated rings. The molecule has 9 heteroatoms. The summed E-state index contributed by atoms with van der Waals surface area (Å²) in [5.41, 5.74) is -0.618. The summed E-state index contributed by atoms with van der Waals surface area (Å²) >= 11 is 0. The predicted molar refractivity (Wildman–Crippen MR) is 71.4 cm³/mol. The fraction of sp³-hybridized carbons (Fsp3) is 0.500. The first-order valence-electron chi connectivity index (χ1n) is 6.51. The molecule has 0 amide bonds. The average Bonchev–Trinajstić information content (AvgIpc) is 2.77. The minimum Gasteiger partial charge on any atom is -0.502 e. The predicted octanol–water partition coefficient (Wildman–Crippen LogP) is 0.852. The van der Waals surface area contributed by atoms with Gasteiger partial charge in [0.1, 0.15) is 0 Å².